The van der Waals surface area contributed by atoms with Crippen LogP contribution in [0.3, 0.4) is 0 Å². The van der Waals surface area contributed by atoms with Crippen LogP contribution in [0.15, 0.2) is 24.3 Å². The highest BCUT2D eigenvalue weighted by atomic mass is 35.5. The Labute approximate surface area is 172 Å². The Morgan fingerprint density at radius 3 is 2.54 bits per heavy atom. The Bertz CT molecular complexity index is 772. The lowest BCUT2D eigenvalue weighted by atomic mass is 9.70. The van der Waals surface area contributed by atoms with Crippen molar-refractivity contribution < 1.29 is 19.1 Å². The molecule has 1 aliphatic carbocycles. The quantitative estimate of drug-likeness (QED) is 0.716. The molecule has 3 atom stereocenters. The zero-order chi connectivity index (χ0) is 20.1. The van der Waals surface area contributed by atoms with Gasteiger partial charge in [-0.25, -0.2) is 4.39 Å². The number of piperidine rings is 1. The van der Waals surface area contributed by atoms with Crippen molar-refractivity contribution in [1.82, 2.24) is 15.1 Å². The van der Waals surface area contributed by atoms with Crippen molar-refractivity contribution in [3.05, 3.63) is 34.9 Å². The van der Waals surface area contributed by atoms with Gasteiger partial charge in [-0.2, -0.15) is 0 Å². The Morgan fingerprint density at radius 1 is 1.25 bits per heavy atom. The summed E-state index contributed by atoms with van der Waals surface area (Å²) in [5.74, 6) is -0.581. The second kappa shape index (κ2) is 7.44. The fraction of sp³-hybridized carbons (Fsp3) is 0.579. The van der Waals surface area contributed by atoms with Crippen LogP contribution in [0.5, 0.6) is 0 Å². The van der Waals surface area contributed by atoms with E-state index in [1.54, 1.807) is 24.3 Å². The van der Waals surface area contributed by atoms with Crippen LogP contribution in [0.1, 0.15) is 24.8 Å². The van der Waals surface area contributed by atoms with E-state index in [-0.39, 0.29) is 49.5 Å². The highest BCUT2D eigenvalue weighted by Crippen LogP contribution is 2.43. The molecule has 0 aromatic heterocycles. The third-order valence-corrected chi connectivity index (χ3v) is 6.48. The van der Waals surface area contributed by atoms with E-state index in [4.69, 9.17) is 23.2 Å². The summed E-state index contributed by atoms with van der Waals surface area (Å²) in [6.45, 7) is 0.410. The van der Waals surface area contributed by atoms with Gasteiger partial charge >= 0.3 is 0 Å². The Kier molecular flexibility index (Phi) is 5.29. The number of piperazine rings is 1. The van der Waals surface area contributed by atoms with E-state index < -0.39 is 24.0 Å². The van der Waals surface area contributed by atoms with Crippen molar-refractivity contribution in [2.24, 2.45) is 0 Å². The number of benzene rings is 1. The molecule has 4 rings (SSSR count). The second-order valence-electron chi connectivity index (χ2n) is 7.84. The zero-order valence-electron chi connectivity index (χ0n) is 15.2. The van der Waals surface area contributed by atoms with Gasteiger partial charge in [-0.1, -0.05) is 23.7 Å². The van der Waals surface area contributed by atoms with Gasteiger partial charge in [-0.15, -0.1) is 11.6 Å². The summed E-state index contributed by atoms with van der Waals surface area (Å²) in [5.41, 5.74) is -0.294. The van der Waals surface area contributed by atoms with Crippen LogP contribution in [0.25, 0.3) is 0 Å². The standard InChI is InChI=1S/C19H22Cl2FN3O3/c20-12-3-1-11(2-4-12)9-25-16(27)10-24(17-15(22)5-13(21)8-23-17)18(28)19(25)6-14(26)7-19/h1-4,13-15,17,23,26H,5-10H2/t13?,14-,15?,17?,19+. The topological polar surface area (TPSA) is 72.9 Å². The number of hydrogen-bond donors (Lipinski definition) is 2. The minimum absolute atomic E-state index is 0.126. The van der Waals surface area contributed by atoms with E-state index in [2.05, 4.69) is 5.32 Å². The molecule has 1 aromatic carbocycles. The first-order valence-electron chi connectivity index (χ1n) is 9.36. The van der Waals surface area contributed by atoms with E-state index in [1.807, 2.05) is 0 Å². The smallest absolute Gasteiger partial charge is 0.250 e. The average molecular weight is 430 g/mol. The molecule has 1 saturated carbocycles. The largest absolute Gasteiger partial charge is 0.393 e. The normalized spacial score (nSPS) is 36.0. The SMILES string of the molecule is O=C1CN(C2NCC(Cl)CC2F)C(=O)[C@]2(C[C@H](O)C2)N1Cc1ccc(Cl)cc1. The van der Waals surface area contributed by atoms with Crippen molar-refractivity contribution in [2.75, 3.05) is 13.1 Å². The van der Waals surface area contributed by atoms with Crippen LogP contribution in [0, 0.1) is 0 Å². The average Bonchev–Trinajstić information content (AvgIpc) is 2.62. The molecular formula is C19H22Cl2FN3O3. The summed E-state index contributed by atoms with van der Waals surface area (Å²) in [4.78, 5) is 29.2. The van der Waals surface area contributed by atoms with Gasteiger partial charge < -0.3 is 14.9 Å². The van der Waals surface area contributed by atoms with Crippen molar-refractivity contribution in [3.8, 4) is 0 Å². The summed E-state index contributed by atoms with van der Waals surface area (Å²) >= 11 is 11.9. The highest BCUT2D eigenvalue weighted by Gasteiger charge is 2.61. The van der Waals surface area contributed by atoms with Crippen molar-refractivity contribution in [1.29, 1.82) is 0 Å². The molecule has 9 heteroatoms. The molecule has 3 unspecified atom stereocenters. The van der Waals surface area contributed by atoms with Gasteiger partial charge in [0.1, 0.15) is 24.4 Å². The Balaban J connectivity index is 1.59. The molecule has 1 spiro atoms. The third-order valence-electron chi connectivity index (χ3n) is 5.89. The molecule has 2 amide bonds. The van der Waals surface area contributed by atoms with Crippen molar-refractivity contribution in [2.45, 2.75) is 55.2 Å². The lowest BCUT2D eigenvalue weighted by Crippen LogP contribution is -2.76. The van der Waals surface area contributed by atoms with Crippen LogP contribution >= 0.6 is 23.2 Å². The minimum atomic E-state index is -1.35. The number of nitrogens with one attached hydrogen (secondary N) is 1. The van der Waals surface area contributed by atoms with Gasteiger partial charge in [0.25, 0.3) is 5.91 Å². The zero-order valence-corrected chi connectivity index (χ0v) is 16.7. The number of carbonyl (C=O) groups excluding carboxylic acids is 2. The monoisotopic (exact) mass is 429 g/mol. The number of hydrogen-bond acceptors (Lipinski definition) is 4. The maximum Gasteiger partial charge on any atom is 0.250 e. The molecule has 2 N–H and O–H groups in total. The number of nitrogens with zero attached hydrogens (tertiary/aromatic N) is 2. The van der Waals surface area contributed by atoms with Gasteiger partial charge in [0.15, 0.2) is 0 Å². The molecular weight excluding hydrogens is 408 g/mol. The minimum Gasteiger partial charge on any atom is -0.393 e. The van der Waals surface area contributed by atoms with E-state index in [1.165, 1.54) is 9.80 Å². The Hall–Kier alpha value is -1.41. The van der Waals surface area contributed by atoms with Crippen molar-refractivity contribution >= 4 is 35.0 Å². The fourth-order valence-electron chi connectivity index (χ4n) is 4.41. The van der Waals surface area contributed by atoms with Crippen LogP contribution in [0.2, 0.25) is 5.02 Å². The van der Waals surface area contributed by atoms with E-state index in [0.29, 0.717) is 11.6 Å². The number of aliphatic hydroxyl groups is 1. The van der Waals surface area contributed by atoms with Gasteiger partial charge in [0, 0.05) is 36.3 Å². The lowest BCUT2D eigenvalue weighted by Gasteiger charge is -2.57. The van der Waals surface area contributed by atoms with Crippen LogP contribution in [0.4, 0.5) is 4.39 Å². The molecule has 152 valence electrons. The fourth-order valence-corrected chi connectivity index (χ4v) is 4.80. The molecule has 3 aliphatic rings. The molecule has 2 aliphatic heterocycles. The first kappa shape index (κ1) is 19.9. The number of alkyl halides is 2. The number of aliphatic hydroxyl groups excluding tert-OH is 1. The first-order valence-corrected chi connectivity index (χ1v) is 10.2. The Morgan fingerprint density at radius 2 is 1.93 bits per heavy atom. The molecule has 3 fully saturated rings. The molecule has 28 heavy (non-hydrogen) atoms. The number of carbonyl (C=O) groups is 2. The van der Waals surface area contributed by atoms with E-state index in [0.717, 1.165) is 5.56 Å². The molecule has 6 nitrogen and oxygen atoms in total. The second-order valence-corrected chi connectivity index (χ2v) is 8.89. The first-order chi connectivity index (χ1) is 13.3. The molecule has 2 saturated heterocycles. The predicted octanol–water partition coefficient (Wildman–Crippen LogP) is 1.67. The molecule has 0 radical (unpaired) electrons. The number of rotatable bonds is 3. The summed E-state index contributed by atoms with van der Waals surface area (Å²) in [5, 5.41) is 13.1. The summed E-state index contributed by atoms with van der Waals surface area (Å²) < 4.78 is 14.6. The van der Waals surface area contributed by atoms with Crippen LogP contribution < -0.4 is 5.32 Å². The molecule has 2 heterocycles. The summed E-state index contributed by atoms with van der Waals surface area (Å²) in [6, 6.07) is 7.06. The highest BCUT2D eigenvalue weighted by molar-refractivity contribution is 6.30. The maximum absolute atomic E-state index is 14.6. The molecule has 0 bridgehead atoms. The third kappa shape index (κ3) is 3.38. The van der Waals surface area contributed by atoms with Crippen molar-refractivity contribution in [3.63, 3.8) is 0 Å². The number of halogens is 3. The lowest BCUT2D eigenvalue weighted by molar-refractivity contribution is -0.187. The van der Waals surface area contributed by atoms with Gasteiger partial charge in [-0.05, 0) is 24.1 Å². The summed E-state index contributed by atoms with van der Waals surface area (Å²) in [6.07, 6.45) is -2.44. The summed E-state index contributed by atoms with van der Waals surface area (Å²) in [7, 11) is 0. The molecule has 1 aromatic rings. The van der Waals surface area contributed by atoms with Gasteiger partial charge in [-0.3, -0.25) is 14.9 Å². The number of amides is 2. The van der Waals surface area contributed by atoms with Gasteiger partial charge in [0.05, 0.1) is 6.10 Å². The van der Waals surface area contributed by atoms with Crippen LogP contribution in [-0.4, -0.2) is 69.2 Å². The van der Waals surface area contributed by atoms with E-state index >= 15 is 0 Å². The van der Waals surface area contributed by atoms with Crippen LogP contribution in [-0.2, 0) is 16.1 Å². The predicted molar refractivity (Wildman–Crippen MR) is 103 cm³/mol. The van der Waals surface area contributed by atoms with E-state index in [9.17, 15) is 19.1 Å². The van der Waals surface area contributed by atoms with Gasteiger partial charge in [0.2, 0.25) is 5.91 Å². The maximum atomic E-state index is 14.6.